The first-order valence-corrected chi connectivity index (χ1v) is 10.5. The van der Waals surface area contributed by atoms with Gasteiger partial charge in [0.25, 0.3) is 5.91 Å². The fourth-order valence-corrected chi connectivity index (χ4v) is 4.62. The highest BCUT2D eigenvalue weighted by Gasteiger charge is 2.41. The van der Waals surface area contributed by atoms with E-state index in [-0.39, 0.29) is 5.91 Å². The van der Waals surface area contributed by atoms with Crippen LogP contribution in [0.3, 0.4) is 0 Å². The van der Waals surface area contributed by atoms with Crippen LogP contribution in [0.1, 0.15) is 15.9 Å². The molecule has 0 N–H and O–H groups in total. The van der Waals surface area contributed by atoms with Gasteiger partial charge in [-0.25, -0.2) is 4.98 Å². The van der Waals surface area contributed by atoms with Crippen LogP contribution < -0.4 is 4.74 Å². The van der Waals surface area contributed by atoms with E-state index in [0.29, 0.717) is 29.0 Å². The summed E-state index contributed by atoms with van der Waals surface area (Å²) in [7, 11) is 0. The molecule has 0 radical (unpaired) electrons. The second kappa shape index (κ2) is 8.28. The highest BCUT2D eigenvalue weighted by atomic mass is 16.5. The van der Waals surface area contributed by atoms with E-state index in [0.717, 1.165) is 32.7 Å². The van der Waals surface area contributed by atoms with Gasteiger partial charge in [-0.15, -0.1) is 0 Å². The molecule has 5 heteroatoms. The van der Waals surface area contributed by atoms with Gasteiger partial charge in [0, 0.05) is 50.6 Å². The number of pyridine rings is 1. The van der Waals surface area contributed by atoms with Crippen LogP contribution in [-0.2, 0) is 6.54 Å². The van der Waals surface area contributed by atoms with Crippen molar-refractivity contribution in [1.82, 2.24) is 14.8 Å². The normalized spacial score (nSPS) is 20.9. The number of hydrogen-bond donors (Lipinski definition) is 0. The molecule has 0 spiro atoms. The zero-order valence-electron chi connectivity index (χ0n) is 16.9. The Morgan fingerprint density at radius 3 is 2.27 bits per heavy atom. The number of nitrogens with zero attached hydrogens (tertiary/aromatic N) is 3. The van der Waals surface area contributed by atoms with Gasteiger partial charge in [0.1, 0.15) is 5.75 Å². The Hall–Kier alpha value is -3.18. The molecule has 5 nitrogen and oxygen atoms in total. The Morgan fingerprint density at radius 1 is 0.900 bits per heavy atom. The predicted octanol–water partition coefficient (Wildman–Crippen LogP) is 4.08. The lowest BCUT2D eigenvalue weighted by Gasteiger charge is -2.22. The molecule has 2 fully saturated rings. The third-order valence-corrected chi connectivity index (χ3v) is 6.05. The Labute approximate surface area is 176 Å². The van der Waals surface area contributed by atoms with Crippen LogP contribution in [-0.4, -0.2) is 46.9 Å². The second-order valence-corrected chi connectivity index (χ2v) is 8.21. The summed E-state index contributed by atoms with van der Waals surface area (Å²) in [6.07, 6.45) is 1.64. The number of carbonyl (C=O) groups excluding carboxylic acids is 1. The van der Waals surface area contributed by atoms with Crippen molar-refractivity contribution in [2.45, 2.75) is 6.54 Å². The molecule has 30 heavy (non-hydrogen) atoms. The van der Waals surface area contributed by atoms with Crippen molar-refractivity contribution >= 4 is 5.91 Å². The molecule has 2 atom stereocenters. The van der Waals surface area contributed by atoms with Crippen LogP contribution in [0.2, 0.25) is 0 Å². The first-order chi connectivity index (χ1) is 14.7. The molecule has 0 bridgehead atoms. The van der Waals surface area contributed by atoms with Gasteiger partial charge in [-0.05, 0) is 35.6 Å². The summed E-state index contributed by atoms with van der Waals surface area (Å²) in [5.41, 5.74) is 1.99. The molecule has 3 aromatic rings. The van der Waals surface area contributed by atoms with E-state index in [4.69, 9.17) is 4.74 Å². The second-order valence-electron chi connectivity index (χ2n) is 8.21. The van der Waals surface area contributed by atoms with Gasteiger partial charge >= 0.3 is 0 Å². The van der Waals surface area contributed by atoms with Crippen LogP contribution in [0.25, 0.3) is 0 Å². The Morgan fingerprint density at radius 2 is 1.57 bits per heavy atom. The van der Waals surface area contributed by atoms with Crippen molar-refractivity contribution in [1.29, 1.82) is 0 Å². The van der Waals surface area contributed by atoms with Gasteiger partial charge in [0.15, 0.2) is 0 Å². The average molecular weight is 399 g/mol. The van der Waals surface area contributed by atoms with Gasteiger partial charge < -0.3 is 9.64 Å². The number of para-hydroxylation sites is 1. The Balaban J connectivity index is 1.20. The third kappa shape index (κ3) is 4.07. The highest BCUT2D eigenvalue weighted by molar-refractivity contribution is 5.94. The van der Waals surface area contributed by atoms with Crippen LogP contribution in [0.4, 0.5) is 0 Å². The molecule has 1 aromatic heterocycles. The molecule has 2 aromatic carbocycles. The molecule has 0 aliphatic carbocycles. The summed E-state index contributed by atoms with van der Waals surface area (Å²) >= 11 is 0. The van der Waals surface area contributed by atoms with E-state index < -0.39 is 0 Å². The highest BCUT2D eigenvalue weighted by Crippen LogP contribution is 2.33. The summed E-state index contributed by atoms with van der Waals surface area (Å²) < 4.78 is 5.79. The smallest absolute Gasteiger partial charge is 0.254 e. The maximum absolute atomic E-state index is 13.1. The fourth-order valence-electron chi connectivity index (χ4n) is 4.62. The molecule has 1 amide bonds. The summed E-state index contributed by atoms with van der Waals surface area (Å²) in [4.78, 5) is 21.9. The van der Waals surface area contributed by atoms with Crippen molar-refractivity contribution < 1.29 is 9.53 Å². The molecular weight excluding hydrogens is 374 g/mol. The van der Waals surface area contributed by atoms with Crippen molar-refractivity contribution in [2.24, 2.45) is 11.8 Å². The lowest BCUT2D eigenvalue weighted by molar-refractivity contribution is 0.0773. The van der Waals surface area contributed by atoms with Crippen LogP contribution in [0, 0.1) is 11.8 Å². The average Bonchev–Trinajstić information content (AvgIpc) is 3.33. The number of amides is 1. The van der Waals surface area contributed by atoms with E-state index in [1.807, 2.05) is 35.2 Å². The number of hydrogen-bond acceptors (Lipinski definition) is 4. The fraction of sp³-hybridized carbons (Fsp3) is 0.280. The van der Waals surface area contributed by atoms with Crippen LogP contribution in [0.5, 0.6) is 11.6 Å². The SMILES string of the molecule is O=C(c1ccnc(Oc2ccccc2)c1)N1C[C@H]2CN(Cc3ccccc3)C[C@H]2C1. The third-order valence-electron chi connectivity index (χ3n) is 6.05. The molecule has 3 heterocycles. The minimum atomic E-state index is 0.0688. The topological polar surface area (TPSA) is 45.7 Å². The predicted molar refractivity (Wildman–Crippen MR) is 115 cm³/mol. The van der Waals surface area contributed by atoms with Crippen molar-refractivity contribution in [3.8, 4) is 11.6 Å². The molecule has 2 aliphatic heterocycles. The molecule has 152 valence electrons. The minimum Gasteiger partial charge on any atom is -0.439 e. The van der Waals surface area contributed by atoms with Crippen LogP contribution in [0.15, 0.2) is 79.0 Å². The maximum atomic E-state index is 13.1. The monoisotopic (exact) mass is 399 g/mol. The standard InChI is InChI=1S/C25H25N3O2/c29-25(20-11-12-26-24(13-20)30-23-9-5-2-6-10-23)28-17-21-15-27(16-22(21)18-28)14-19-7-3-1-4-8-19/h1-13,21-22H,14-18H2/t21-,22+. The number of likely N-dealkylation sites (tertiary alicyclic amines) is 2. The van der Waals surface area contributed by atoms with Crippen molar-refractivity contribution in [3.05, 3.63) is 90.1 Å². The summed E-state index contributed by atoms with van der Waals surface area (Å²) in [5.74, 6) is 2.34. The zero-order chi connectivity index (χ0) is 20.3. The largest absolute Gasteiger partial charge is 0.439 e. The molecule has 0 saturated carbocycles. The minimum absolute atomic E-state index is 0.0688. The van der Waals surface area contributed by atoms with Gasteiger partial charge in [-0.3, -0.25) is 9.69 Å². The lowest BCUT2D eigenvalue weighted by atomic mass is 10.0. The molecule has 2 aliphatic rings. The van der Waals surface area contributed by atoms with Crippen molar-refractivity contribution in [2.75, 3.05) is 26.2 Å². The number of carbonyl (C=O) groups is 1. The van der Waals surface area contributed by atoms with E-state index >= 15 is 0 Å². The van der Waals surface area contributed by atoms with E-state index in [2.05, 4.69) is 40.2 Å². The molecule has 0 unspecified atom stereocenters. The molecular formula is C25H25N3O2. The molecule has 2 saturated heterocycles. The number of aromatic nitrogens is 1. The Kier molecular flexibility index (Phi) is 5.20. The first-order valence-electron chi connectivity index (χ1n) is 10.5. The van der Waals surface area contributed by atoms with E-state index in [9.17, 15) is 4.79 Å². The zero-order valence-corrected chi connectivity index (χ0v) is 16.9. The first kappa shape index (κ1) is 18.8. The number of fused-ring (bicyclic) bond motifs is 1. The van der Waals surface area contributed by atoms with Crippen molar-refractivity contribution in [3.63, 3.8) is 0 Å². The van der Waals surface area contributed by atoms with Gasteiger partial charge in [0.05, 0.1) is 0 Å². The summed E-state index contributed by atoms with van der Waals surface area (Å²) in [5, 5.41) is 0. The van der Waals surface area contributed by atoms with E-state index in [1.165, 1.54) is 5.56 Å². The van der Waals surface area contributed by atoms with Gasteiger partial charge in [-0.1, -0.05) is 48.5 Å². The lowest BCUT2D eigenvalue weighted by Crippen LogP contribution is -2.33. The van der Waals surface area contributed by atoms with Gasteiger partial charge in [-0.2, -0.15) is 0 Å². The number of benzene rings is 2. The summed E-state index contributed by atoms with van der Waals surface area (Å²) in [6.45, 7) is 4.76. The Bertz CT molecular complexity index is 995. The quantitative estimate of drug-likeness (QED) is 0.649. The molecule has 5 rings (SSSR count). The van der Waals surface area contributed by atoms with Gasteiger partial charge in [0.2, 0.25) is 5.88 Å². The number of ether oxygens (including phenoxy) is 1. The number of rotatable bonds is 5. The summed E-state index contributed by atoms with van der Waals surface area (Å²) in [6, 6.07) is 23.6. The van der Waals surface area contributed by atoms with E-state index in [1.54, 1.807) is 18.3 Å². The van der Waals surface area contributed by atoms with Crippen LogP contribution >= 0.6 is 0 Å². The maximum Gasteiger partial charge on any atom is 0.254 e.